The van der Waals surface area contributed by atoms with E-state index in [9.17, 15) is 13.2 Å². The van der Waals surface area contributed by atoms with Gasteiger partial charge in [-0.1, -0.05) is 12.2 Å². The van der Waals surface area contributed by atoms with Gasteiger partial charge in [-0.05, 0) is 6.92 Å². The van der Waals surface area contributed by atoms with Crippen molar-refractivity contribution in [2.75, 3.05) is 18.5 Å². The summed E-state index contributed by atoms with van der Waals surface area (Å²) in [5.41, 5.74) is -0.169. The maximum Gasteiger partial charge on any atom is 0.433 e. The number of alkyl halides is 3. The van der Waals surface area contributed by atoms with Gasteiger partial charge in [0.05, 0.1) is 0 Å². The first kappa shape index (κ1) is 13.3. The maximum absolute atomic E-state index is 12.8. The molecule has 2 heterocycles. The lowest BCUT2D eigenvalue weighted by Crippen LogP contribution is -2.23. The molecule has 0 bridgehead atoms. The zero-order valence-electron chi connectivity index (χ0n) is 10.4. The average Bonchev–Trinajstić information content (AvgIpc) is 2.72. The second kappa shape index (κ2) is 4.52. The molecule has 8 heteroatoms. The average molecular weight is 271 g/mol. The van der Waals surface area contributed by atoms with E-state index in [2.05, 4.69) is 21.6 Å². The lowest BCUT2D eigenvalue weighted by atomic mass is 10.3. The van der Waals surface area contributed by atoms with Gasteiger partial charge in [0.1, 0.15) is 12.1 Å². The third-order valence-electron chi connectivity index (χ3n) is 2.42. The van der Waals surface area contributed by atoms with Gasteiger partial charge < -0.3 is 4.90 Å². The van der Waals surface area contributed by atoms with Crippen LogP contribution in [0.3, 0.4) is 0 Å². The van der Waals surface area contributed by atoms with E-state index in [0.717, 1.165) is 11.6 Å². The van der Waals surface area contributed by atoms with E-state index < -0.39 is 11.9 Å². The van der Waals surface area contributed by atoms with Gasteiger partial charge in [0, 0.05) is 19.7 Å². The van der Waals surface area contributed by atoms with Crippen molar-refractivity contribution in [3.63, 3.8) is 0 Å². The molecule has 102 valence electrons. The summed E-state index contributed by atoms with van der Waals surface area (Å²) in [4.78, 5) is 8.76. The molecule has 2 aromatic rings. The van der Waals surface area contributed by atoms with Crippen LogP contribution in [0.5, 0.6) is 0 Å². The highest BCUT2D eigenvalue weighted by molar-refractivity contribution is 5.48. The molecule has 0 spiro atoms. The highest BCUT2D eigenvalue weighted by Gasteiger charge is 2.34. The summed E-state index contributed by atoms with van der Waals surface area (Å²) < 4.78 is 39.6. The van der Waals surface area contributed by atoms with Crippen LogP contribution in [0.15, 0.2) is 24.5 Å². The standard InChI is InChI=1S/C11H12F3N5/c1-7(2)5-18(3)9-4-8(11(12,13)14)17-10-15-6-16-19(9)10/h4,6H,1,5H2,2-3H3. The van der Waals surface area contributed by atoms with Crippen LogP contribution < -0.4 is 4.90 Å². The Hall–Kier alpha value is -2.12. The fraction of sp³-hybridized carbons (Fsp3) is 0.364. The van der Waals surface area contributed by atoms with Crippen LogP contribution in [0.25, 0.3) is 5.78 Å². The van der Waals surface area contributed by atoms with Crippen molar-refractivity contribution in [1.82, 2.24) is 19.6 Å². The summed E-state index contributed by atoms with van der Waals surface area (Å²) in [6.45, 7) is 5.94. The molecule has 0 amide bonds. The number of rotatable bonds is 3. The Balaban J connectivity index is 2.57. The highest BCUT2D eigenvalue weighted by Crippen LogP contribution is 2.30. The first-order valence-corrected chi connectivity index (χ1v) is 5.42. The molecule has 0 saturated heterocycles. The third-order valence-corrected chi connectivity index (χ3v) is 2.42. The summed E-state index contributed by atoms with van der Waals surface area (Å²) in [7, 11) is 1.66. The number of aromatic nitrogens is 4. The Labute approximate surface area is 107 Å². The van der Waals surface area contributed by atoms with Crippen LogP contribution >= 0.6 is 0 Å². The zero-order valence-corrected chi connectivity index (χ0v) is 10.4. The summed E-state index contributed by atoms with van der Waals surface area (Å²) in [6, 6.07) is 0.949. The number of hydrogen-bond donors (Lipinski definition) is 0. The Morgan fingerprint density at radius 3 is 2.74 bits per heavy atom. The van der Waals surface area contributed by atoms with Crippen molar-refractivity contribution in [2.45, 2.75) is 13.1 Å². The SMILES string of the molecule is C=C(C)CN(C)c1cc(C(F)(F)F)nc2ncnn12. The summed E-state index contributed by atoms with van der Waals surface area (Å²) in [6.07, 6.45) is -3.35. The minimum absolute atomic E-state index is 0.0848. The fourth-order valence-corrected chi connectivity index (χ4v) is 1.70. The minimum atomic E-state index is -4.52. The van der Waals surface area contributed by atoms with Gasteiger partial charge in [-0.25, -0.2) is 4.98 Å². The fourth-order valence-electron chi connectivity index (χ4n) is 1.70. The van der Waals surface area contributed by atoms with Gasteiger partial charge in [0.15, 0.2) is 5.69 Å². The Kier molecular flexibility index (Phi) is 3.17. The molecule has 0 fully saturated rings. The van der Waals surface area contributed by atoms with Crippen LogP contribution in [-0.4, -0.2) is 33.2 Å². The van der Waals surface area contributed by atoms with E-state index in [1.54, 1.807) is 18.9 Å². The zero-order chi connectivity index (χ0) is 14.2. The number of halogens is 3. The molecule has 0 aliphatic carbocycles. The molecule has 0 saturated carbocycles. The molecule has 5 nitrogen and oxygen atoms in total. The molecule has 0 unspecified atom stereocenters. The number of anilines is 1. The van der Waals surface area contributed by atoms with Gasteiger partial charge in [0.25, 0.3) is 5.78 Å². The highest BCUT2D eigenvalue weighted by atomic mass is 19.4. The first-order chi connectivity index (χ1) is 8.79. The molecule has 19 heavy (non-hydrogen) atoms. The van der Waals surface area contributed by atoms with Crippen molar-refractivity contribution >= 4 is 11.6 Å². The smallest absolute Gasteiger partial charge is 0.355 e. The molecular formula is C11H12F3N5. The largest absolute Gasteiger partial charge is 0.433 e. The lowest BCUT2D eigenvalue weighted by Gasteiger charge is -2.20. The number of hydrogen-bond acceptors (Lipinski definition) is 4. The first-order valence-electron chi connectivity index (χ1n) is 5.42. The lowest BCUT2D eigenvalue weighted by molar-refractivity contribution is -0.141. The normalized spacial score (nSPS) is 11.8. The molecule has 0 aliphatic rings. The quantitative estimate of drug-likeness (QED) is 0.802. The van der Waals surface area contributed by atoms with Crippen molar-refractivity contribution < 1.29 is 13.2 Å². The van der Waals surface area contributed by atoms with Crippen LogP contribution in [0.2, 0.25) is 0 Å². The van der Waals surface area contributed by atoms with Gasteiger partial charge in [0.2, 0.25) is 0 Å². The number of likely N-dealkylation sites (N-methyl/N-ethyl adjacent to an activating group) is 1. The summed E-state index contributed by atoms with van der Waals surface area (Å²) in [5, 5.41) is 3.87. The van der Waals surface area contributed by atoms with Crippen molar-refractivity contribution in [3.8, 4) is 0 Å². The van der Waals surface area contributed by atoms with E-state index >= 15 is 0 Å². The van der Waals surface area contributed by atoms with Crippen molar-refractivity contribution in [2.24, 2.45) is 0 Å². The van der Waals surface area contributed by atoms with E-state index in [-0.39, 0.29) is 11.6 Å². The molecule has 0 aliphatic heterocycles. The van der Waals surface area contributed by atoms with E-state index in [1.165, 1.54) is 10.8 Å². The second-order valence-electron chi connectivity index (χ2n) is 4.28. The van der Waals surface area contributed by atoms with E-state index in [1.807, 2.05) is 0 Å². The van der Waals surface area contributed by atoms with Crippen molar-refractivity contribution in [3.05, 3.63) is 30.2 Å². The maximum atomic E-state index is 12.8. The third kappa shape index (κ3) is 2.67. The number of fused-ring (bicyclic) bond motifs is 1. The van der Waals surface area contributed by atoms with Crippen LogP contribution in [-0.2, 0) is 6.18 Å². The number of nitrogens with zero attached hydrogens (tertiary/aromatic N) is 5. The van der Waals surface area contributed by atoms with E-state index in [0.29, 0.717) is 6.54 Å². The second-order valence-corrected chi connectivity index (χ2v) is 4.28. The van der Waals surface area contributed by atoms with Crippen molar-refractivity contribution in [1.29, 1.82) is 0 Å². The summed E-state index contributed by atoms with van der Waals surface area (Å²) >= 11 is 0. The Morgan fingerprint density at radius 1 is 1.47 bits per heavy atom. The van der Waals surface area contributed by atoms with Gasteiger partial charge in [-0.3, -0.25) is 0 Å². The van der Waals surface area contributed by atoms with Gasteiger partial charge >= 0.3 is 6.18 Å². The molecule has 0 radical (unpaired) electrons. The van der Waals surface area contributed by atoms with E-state index in [4.69, 9.17) is 0 Å². The Bertz CT molecular complexity index is 616. The Morgan fingerprint density at radius 2 is 2.16 bits per heavy atom. The molecule has 0 N–H and O–H groups in total. The van der Waals surface area contributed by atoms with Crippen LogP contribution in [0, 0.1) is 0 Å². The van der Waals surface area contributed by atoms with Crippen LogP contribution in [0.4, 0.5) is 19.0 Å². The predicted molar refractivity (Wildman–Crippen MR) is 63.9 cm³/mol. The molecule has 0 atom stereocenters. The molecule has 2 rings (SSSR count). The summed E-state index contributed by atoms with van der Waals surface area (Å²) in [5.74, 6) is 0.177. The predicted octanol–water partition coefficient (Wildman–Crippen LogP) is 2.16. The van der Waals surface area contributed by atoms with Gasteiger partial charge in [-0.15, -0.1) is 0 Å². The monoisotopic (exact) mass is 271 g/mol. The topological polar surface area (TPSA) is 46.3 Å². The molecule has 0 aromatic carbocycles. The molecular weight excluding hydrogens is 259 g/mol. The van der Waals surface area contributed by atoms with Crippen LogP contribution in [0.1, 0.15) is 12.6 Å². The minimum Gasteiger partial charge on any atom is -0.355 e. The van der Waals surface area contributed by atoms with Gasteiger partial charge in [-0.2, -0.15) is 27.8 Å². The molecule has 2 aromatic heterocycles.